The van der Waals surface area contributed by atoms with Gasteiger partial charge >= 0.3 is 0 Å². The molecule has 2 atom stereocenters. The van der Waals surface area contributed by atoms with Gasteiger partial charge in [0.15, 0.2) is 0 Å². The molecule has 0 radical (unpaired) electrons. The summed E-state index contributed by atoms with van der Waals surface area (Å²) >= 11 is 0. The van der Waals surface area contributed by atoms with Crippen LogP contribution in [0.2, 0.25) is 0 Å². The van der Waals surface area contributed by atoms with E-state index in [-0.39, 0.29) is 6.04 Å². The standard InChI is InChI=1S/C13H21N3/c1-2-11(14)13(16-9-5-6-10-16)12-7-3-4-8-15-12/h3-4,7-8,11,13H,2,5-6,9-10,14H2,1H3. The van der Waals surface area contributed by atoms with Gasteiger partial charge < -0.3 is 5.73 Å². The average Bonchev–Trinajstić information content (AvgIpc) is 2.84. The van der Waals surface area contributed by atoms with Crippen LogP contribution in [-0.2, 0) is 0 Å². The van der Waals surface area contributed by atoms with Gasteiger partial charge in [-0.25, -0.2) is 0 Å². The molecule has 2 unspecified atom stereocenters. The minimum atomic E-state index is 0.188. The molecule has 0 saturated carbocycles. The zero-order chi connectivity index (χ0) is 11.4. The lowest BCUT2D eigenvalue weighted by Gasteiger charge is -2.31. The number of rotatable bonds is 4. The van der Waals surface area contributed by atoms with Crippen molar-refractivity contribution >= 4 is 0 Å². The van der Waals surface area contributed by atoms with Crippen LogP contribution in [-0.4, -0.2) is 29.0 Å². The SMILES string of the molecule is CCC(N)C(c1ccccn1)N1CCCC1. The van der Waals surface area contributed by atoms with Gasteiger partial charge in [0.25, 0.3) is 0 Å². The van der Waals surface area contributed by atoms with Crippen LogP contribution in [0.1, 0.15) is 37.9 Å². The van der Waals surface area contributed by atoms with Gasteiger partial charge in [-0.2, -0.15) is 0 Å². The molecular formula is C13H21N3. The van der Waals surface area contributed by atoms with Crippen molar-refractivity contribution in [1.29, 1.82) is 0 Å². The molecule has 0 aromatic carbocycles. The lowest BCUT2D eigenvalue weighted by atomic mass is 10.0. The lowest BCUT2D eigenvalue weighted by Crippen LogP contribution is -2.39. The third-order valence-corrected chi connectivity index (χ3v) is 3.40. The third-order valence-electron chi connectivity index (χ3n) is 3.40. The van der Waals surface area contributed by atoms with Gasteiger partial charge in [-0.3, -0.25) is 9.88 Å². The molecule has 88 valence electrons. The summed E-state index contributed by atoms with van der Waals surface area (Å²) in [5, 5.41) is 0. The Hall–Kier alpha value is -0.930. The molecule has 0 aliphatic carbocycles. The minimum Gasteiger partial charge on any atom is -0.326 e. The molecule has 1 aromatic heterocycles. The van der Waals surface area contributed by atoms with E-state index in [2.05, 4.69) is 22.9 Å². The summed E-state index contributed by atoms with van der Waals surface area (Å²) in [6.07, 6.45) is 5.44. The number of likely N-dealkylation sites (tertiary alicyclic amines) is 1. The highest BCUT2D eigenvalue weighted by atomic mass is 15.2. The van der Waals surface area contributed by atoms with E-state index in [1.165, 1.54) is 12.8 Å². The van der Waals surface area contributed by atoms with Gasteiger partial charge in [0.2, 0.25) is 0 Å². The number of aromatic nitrogens is 1. The Morgan fingerprint density at radius 2 is 2.12 bits per heavy atom. The van der Waals surface area contributed by atoms with Gasteiger partial charge in [-0.1, -0.05) is 13.0 Å². The summed E-state index contributed by atoms with van der Waals surface area (Å²) in [6, 6.07) is 6.59. The molecule has 3 nitrogen and oxygen atoms in total. The lowest BCUT2D eigenvalue weighted by molar-refractivity contribution is 0.205. The van der Waals surface area contributed by atoms with Crippen LogP contribution in [0.25, 0.3) is 0 Å². The Kier molecular flexibility index (Phi) is 3.91. The monoisotopic (exact) mass is 219 g/mol. The van der Waals surface area contributed by atoms with Gasteiger partial charge in [0, 0.05) is 12.2 Å². The van der Waals surface area contributed by atoms with Crippen molar-refractivity contribution in [2.24, 2.45) is 5.73 Å². The van der Waals surface area contributed by atoms with E-state index in [0.717, 1.165) is 25.2 Å². The molecule has 1 aliphatic heterocycles. The Balaban J connectivity index is 2.20. The zero-order valence-electron chi connectivity index (χ0n) is 9.97. The first-order valence-corrected chi connectivity index (χ1v) is 6.23. The summed E-state index contributed by atoms with van der Waals surface area (Å²) in [6.45, 7) is 4.47. The average molecular weight is 219 g/mol. The molecule has 1 saturated heterocycles. The third kappa shape index (κ3) is 2.42. The Labute approximate surface area is 97.7 Å². The summed E-state index contributed by atoms with van der Waals surface area (Å²) in [4.78, 5) is 6.95. The Morgan fingerprint density at radius 1 is 1.38 bits per heavy atom. The number of pyridine rings is 1. The maximum Gasteiger partial charge on any atom is 0.0673 e. The van der Waals surface area contributed by atoms with Crippen molar-refractivity contribution in [3.63, 3.8) is 0 Å². The minimum absolute atomic E-state index is 0.188. The van der Waals surface area contributed by atoms with Crippen LogP contribution >= 0.6 is 0 Å². The van der Waals surface area contributed by atoms with Crippen molar-refractivity contribution in [2.45, 2.75) is 38.3 Å². The van der Waals surface area contributed by atoms with Crippen molar-refractivity contribution in [1.82, 2.24) is 9.88 Å². The van der Waals surface area contributed by atoms with E-state index in [1.54, 1.807) is 0 Å². The van der Waals surface area contributed by atoms with Crippen molar-refractivity contribution in [3.8, 4) is 0 Å². The predicted molar refractivity (Wildman–Crippen MR) is 66.1 cm³/mol. The van der Waals surface area contributed by atoms with E-state index in [0.29, 0.717) is 6.04 Å². The molecule has 0 spiro atoms. The number of hydrogen-bond donors (Lipinski definition) is 1. The van der Waals surface area contributed by atoms with Gasteiger partial charge in [-0.05, 0) is 44.5 Å². The number of hydrogen-bond acceptors (Lipinski definition) is 3. The number of nitrogens with zero attached hydrogens (tertiary/aromatic N) is 2. The van der Waals surface area contributed by atoms with Crippen LogP contribution in [0.4, 0.5) is 0 Å². The maximum absolute atomic E-state index is 6.25. The largest absolute Gasteiger partial charge is 0.326 e. The van der Waals surface area contributed by atoms with Gasteiger partial charge in [-0.15, -0.1) is 0 Å². The second-order valence-electron chi connectivity index (χ2n) is 4.51. The summed E-state index contributed by atoms with van der Waals surface area (Å²) < 4.78 is 0. The molecule has 0 amide bonds. The fraction of sp³-hybridized carbons (Fsp3) is 0.615. The van der Waals surface area contributed by atoms with E-state index >= 15 is 0 Å². The van der Waals surface area contributed by atoms with Crippen LogP contribution in [0, 0.1) is 0 Å². The second-order valence-corrected chi connectivity index (χ2v) is 4.51. The highest BCUT2D eigenvalue weighted by Gasteiger charge is 2.28. The van der Waals surface area contributed by atoms with Gasteiger partial charge in [0.1, 0.15) is 0 Å². The maximum atomic E-state index is 6.25. The second kappa shape index (κ2) is 5.41. The quantitative estimate of drug-likeness (QED) is 0.841. The predicted octanol–water partition coefficient (Wildman–Crippen LogP) is 1.96. The van der Waals surface area contributed by atoms with Crippen molar-refractivity contribution < 1.29 is 0 Å². The van der Waals surface area contributed by atoms with Crippen molar-refractivity contribution in [2.75, 3.05) is 13.1 Å². The van der Waals surface area contributed by atoms with Gasteiger partial charge in [0.05, 0.1) is 11.7 Å². The first-order chi connectivity index (χ1) is 7.83. The summed E-state index contributed by atoms with van der Waals surface area (Å²) in [7, 11) is 0. The van der Waals surface area contributed by atoms with E-state index in [4.69, 9.17) is 5.73 Å². The highest BCUT2D eigenvalue weighted by Crippen LogP contribution is 2.26. The van der Waals surface area contributed by atoms with E-state index < -0.39 is 0 Å². The van der Waals surface area contributed by atoms with Crippen LogP contribution in [0.5, 0.6) is 0 Å². The molecule has 2 N–H and O–H groups in total. The molecule has 0 bridgehead atoms. The number of nitrogens with two attached hydrogens (primary N) is 1. The molecule has 2 heterocycles. The molecule has 1 fully saturated rings. The molecule has 1 aromatic rings. The van der Waals surface area contributed by atoms with E-state index in [1.807, 2.05) is 18.3 Å². The molecule has 2 rings (SSSR count). The first kappa shape index (κ1) is 11.6. The van der Waals surface area contributed by atoms with Crippen molar-refractivity contribution in [3.05, 3.63) is 30.1 Å². The highest BCUT2D eigenvalue weighted by molar-refractivity contribution is 5.11. The van der Waals surface area contributed by atoms with Crippen LogP contribution in [0.3, 0.4) is 0 Å². The normalized spacial score (nSPS) is 20.9. The Bertz CT molecular complexity index is 306. The van der Waals surface area contributed by atoms with Crippen LogP contribution < -0.4 is 5.73 Å². The Morgan fingerprint density at radius 3 is 2.69 bits per heavy atom. The first-order valence-electron chi connectivity index (χ1n) is 6.23. The fourth-order valence-corrected chi connectivity index (χ4v) is 2.47. The molecule has 3 heteroatoms. The molecule has 16 heavy (non-hydrogen) atoms. The summed E-state index contributed by atoms with van der Waals surface area (Å²) in [5.74, 6) is 0. The molecule has 1 aliphatic rings. The van der Waals surface area contributed by atoms with E-state index in [9.17, 15) is 0 Å². The van der Waals surface area contributed by atoms with Crippen LogP contribution in [0.15, 0.2) is 24.4 Å². The zero-order valence-corrected chi connectivity index (χ0v) is 9.97. The summed E-state index contributed by atoms with van der Waals surface area (Å²) in [5.41, 5.74) is 7.37. The fourth-order valence-electron chi connectivity index (χ4n) is 2.47. The molecular weight excluding hydrogens is 198 g/mol. The topological polar surface area (TPSA) is 42.1 Å². The smallest absolute Gasteiger partial charge is 0.0673 e.